The maximum atomic E-state index is 9.94. The highest BCUT2D eigenvalue weighted by Gasteiger charge is 2.03. The van der Waals surface area contributed by atoms with Gasteiger partial charge in [0.1, 0.15) is 5.75 Å². The maximum absolute atomic E-state index is 9.94. The summed E-state index contributed by atoms with van der Waals surface area (Å²) < 4.78 is 0. The van der Waals surface area contributed by atoms with Crippen LogP contribution in [0, 0.1) is 0 Å². The van der Waals surface area contributed by atoms with E-state index in [1.165, 1.54) is 24.0 Å². The second-order valence-electron chi connectivity index (χ2n) is 5.05. The molecule has 100 valence electrons. The van der Waals surface area contributed by atoms with E-state index in [0.29, 0.717) is 5.75 Å². The number of hydrogen-bond acceptors (Lipinski definition) is 1. The van der Waals surface area contributed by atoms with E-state index in [1.807, 2.05) is 18.2 Å². The number of aryl methyl sites for hydroxylation is 3. The van der Waals surface area contributed by atoms with Crippen LogP contribution in [0.2, 0.25) is 0 Å². The molecule has 0 atom stereocenters. The monoisotopic (exact) mass is 254 g/mol. The minimum absolute atomic E-state index is 0.427. The van der Waals surface area contributed by atoms with Gasteiger partial charge in [-0.05, 0) is 48.4 Å². The van der Waals surface area contributed by atoms with Gasteiger partial charge in [0.25, 0.3) is 0 Å². The third-order valence-corrected chi connectivity index (χ3v) is 3.49. The first-order valence-corrected chi connectivity index (χ1v) is 7.14. The van der Waals surface area contributed by atoms with Gasteiger partial charge in [-0.1, -0.05) is 55.8 Å². The molecule has 0 amide bonds. The Morgan fingerprint density at radius 2 is 1.63 bits per heavy atom. The molecule has 2 rings (SSSR count). The quantitative estimate of drug-likeness (QED) is 0.803. The van der Waals surface area contributed by atoms with Crippen molar-refractivity contribution in [3.63, 3.8) is 0 Å². The van der Waals surface area contributed by atoms with E-state index in [2.05, 4.69) is 37.3 Å². The van der Waals surface area contributed by atoms with E-state index in [4.69, 9.17) is 0 Å². The second-order valence-corrected chi connectivity index (χ2v) is 5.05. The molecule has 1 heteroatoms. The van der Waals surface area contributed by atoms with E-state index in [-0.39, 0.29) is 0 Å². The van der Waals surface area contributed by atoms with Crippen molar-refractivity contribution in [3.8, 4) is 5.75 Å². The Hall–Kier alpha value is -1.76. The highest BCUT2D eigenvalue weighted by Crippen LogP contribution is 2.21. The van der Waals surface area contributed by atoms with Crippen molar-refractivity contribution in [3.05, 3.63) is 65.2 Å². The molecule has 0 unspecified atom stereocenters. The third-order valence-electron chi connectivity index (χ3n) is 3.49. The van der Waals surface area contributed by atoms with Crippen LogP contribution < -0.4 is 0 Å². The molecule has 1 N–H and O–H groups in total. The van der Waals surface area contributed by atoms with Crippen LogP contribution in [0.4, 0.5) is 0 Å². The zero-order valence-corrected chi connectivity index (χ0v) is 11.6. The summed E-state index contributed by atoms with van der Waals surface area (Å²) >= 11 is 0. The minimum atomic E-state index is 0.427. The van der Waals surface area contributed by atoms with Crippen molar-refractivity contribution < 1.29 is 5.11 Å². The number of unbranched alkanes of at least 4 members (excludes halogenated alkanes) is 1. The van der Waals surface area contributed by atoms with Crippen LogP contribution >= 0.6 is 0 Å². The Kier molecular flexibility index (Phi) is 5.02. The Balaban J connectivity index is 2.02. The van der Waals surface area contributed by atoms with E-state index in [1.54, 1.807) is 0 Å². The zero-order valence-electron chi connectivity index (χ0n) is 11.6. The van der Waals surface area contributed by atoms with Crippen molar-refractivity contribution in [2.45, 2.75) is 39.0 Å². The predicted octanol–water partition coefficient (Wildman–Crippen LogP) is 4.52. The molecule has 0 aromatic heterocycles. The fourth-order valence-corrected chi connectivity index (χ4v) is 2.30. The molecule has 0 heterocycles. The lowest BCUT2D eigenvalue weighted by molar-refractivity contribution is 0.467. The lowest BCUT2D eigenvalue weighted by atomic mass is 9.99. The number of phenols is 1. The second kappa shape index (κ2) is 6.98. The molecule has 0 bridgehead atoms. The van der Waals surface area contributed by atoms with E-state index >= 15 is 0 Å². The predicted molar refractivity (Wildman–Crippen MR) is 80.6 cm³/mol. The number of phenolic OH excluding ortho intramolecular Hbond substituents is 1. The van der Waals surface area contributed by atoms with Gasteiger partial charge in [0.15, 0.2) is 0 Å². The van der Waals surface area contributed by atoms with Crippen LogP contribution in [0.1, 0.15) is 36.5 Å². The summed E-state index contributed by atoms with van der Waals surface area (Å²) in [7, 11) is 0. The molecule has 19 heavy (non-hydrogen) atoms. The number of benzene rings is 2. The fourth-order valence-electron chi connectivity index (χ4n) is 2.30. The Labute approximate surface area is 115 Å². The largest absolute Gasteiger partial charge is 0.508 e. The van der Waals surface area contributed by atoms with Crippen LogP contribution in [-0.4, -0.2) is 5.11 Å². The van der Waals surface area contributed by atoms with Crippen LogP contribution in [-0.2, 0) is 19.3 Å². The van der Waals surface area contributed by atoms with E-state index in [9.17, 15) is 5.11 Å². The van der Waals surface area contributed by atoms with Crippen LogP contribution in [0.25, 0.3) is 0 Å². The van der Waals surface area contributed by atoms with Gasteiger partial charge in [-0.25, -0.2) is 0 Å². The molecule has 0 aliphatic heterocycles. The van der Waals surface area contributed by atoms with Gasteiger partial charge >= 0.3 is 0 Å². The molecule has 0 fully saturated rings. The maximum Gasteiger partial charge on any atom is 0.118 e. The summed E-state index contributed by atoms with van der Waals surface area (Å²) in [6.45, 7) is 2.21. The van der Waals surface area contributed by atoms with Gasteiger partial charge in [-0.15, -0.1) is 0 Å². The molecular formula is C18H22O. The highest BCUT2D eigenvalue weighted by atomic mass is 16.3. The molecule has 2 aromatic carbocycles. The summed E-state index contributed by atoms with van der Waals surface area (Å²) in [5.74, 6) is 0.427. The summed E-state index contributed by atoms with van der Waals surface area (Å²) in [5, 5.41) is 9.94. The van der Waals surface area contributed by atoms with Gasteiger partial charge in [-0.2, -0.15) is 0 Å². The van der Waals surface area contributed by atoms with Crippen LogP contribution in [0.15, 0.2) is 48.5 Å². The summed E-state index contributed by atoms with van der Waals surface area (Å²) in [5.41, 5.74) is 3.72. The Bertz CT molecular complexity index is 502. The molecule has 0 aliphatic carbocycles. The lowest BCUT2D eigenvalue weighted by Crippen LogP contribution is -1.94. The van der Waals surface area contributed by atoms with Crippen molar-refractivity contribution in [1.82, 2.24) is 0 Å². The molecule has 0 spiro atoms. The Morgan fingerprint density at radius 3 is 2.37 bits per heavy atom. The van der Waals surface area contributed by atoms with Gasteiger partial charge in [0.05, 0.1) is 0 Å². The molecule has 0 saturated heterocycles. The van der Waals surface area contributed by atoms with Crippen LogP contribution in [0.3, 0.4) is 0 Å². The standard InChI is InChI=1S/C18H22O/c1-2-3-7-16-11-13-18(19)17(14-16)12-10-15-8-5-4-6-9-15/h4-6,8-9,11,13-14,19H,2-3,7,10,12H2,1H3. The molecule has 0 radical (unpaired) electrons. The van der Waals surface area contributed by atoms with E-state index < -0.39 is 0 Å². The molecule has 0 saturated carbocycles. The molecular weight excluding hydrogens is 232 g/mol. The first kappa shape index (κ1) is 13.7. The number of aromatic hydroxyl groups is 1. The number of rotatable bonds is 6. The summed E-state index contributed by atoms with van der Waals surface area (Å²) in [6.07, 6.45) is 5.40. The molecule has 0 aliphatic rings. The molecule has 1 nitrogen and oxygen atoms in total. The number of hydrogen-bond donors (Lipinski definition) is 1. The Morgan fingerprint density at radius 1 is 0.842 bits per heavy atom. The summed E-state index contributed by atoms with van der Waals surface area (Å²) in [6, 6.07) is 16.5. The van der Waals surface area contributed by atoms with Gasteiger partial charge in [-0.3, -0.25) is 0 Å². The van der Waals surface area contributed by atoms with Crippen molar-refractivity contribution in [1.29, 1.82) is 0 Å². The minimum Gasteiger partial charge on any atom is -0.508 e. The average molecular weight is 254 g/mol. The SMILES string of the molecule is CCCCc1ccc(O)c(CCc2ccccc2)c1. The van der Waals surface area contributed by atoms with Gasteiger partial charge < -0.3 is 5.11 Å². The van der Waals surface area contributed by atoms with Crippen LogP contribution in [0.5, 0.6) is 5.75 Å². The van der Waals surface area contributed by atoms with Gasteiger partial charge in [0.2, 0.25) is 0 Å². The van der Waals surface area contributed by atoms with Crippen molar-refractivity contribution >= 4 is 0 Å². The topological polar surface area (TPSA) is 20.2 Å². The normalized spacial score (nSPS) is 10.6. The average Bonchev–Trinajstić information content (AvgIpc) is 2.46. The fraction of sp³-hybridized carbons (Fsp3) is 0.333. The highest BCUT2D eigenvalue weighted by molar-refractivity contribution is 5.37. The van der Waals surface area contributed by atoms with Gasteiger partial charge in [0, 0.05) is 0 Å². The lowest BCUT2D eigenvalue weighted by Gasteiger charge is -2.08. The zero-order chi connectivity index (χ0) is 13.5. The molecule has 2 aromatic rings. The van der Waals surface area contributed by atoms with E-state index in [0.717, 1.165) is 24.8 Å². The first-order valence-electron chi connectivity index (χ1n) is 7.14. The summed E-state index contributed by atoms with van der Waals surface area (Å²) in [4.78, 5) is 0. The van der Waals surface area contributed by atoms with Crippen molar-refractivity contribution in [2.24, 2.45) is 0 Å². The van der Waals surface area contributed by atoms with Crippen molar-refractivity contribution in [2.75, 3.05) is 0 Å². The third kappa shape index (κ3) is 4.13. The smallest absolute Gasteiger partial charge is 0.118 e. The first-order chi connectivity index (χ1) is 9.29.